The van der Waals surface area contributed by atoms with Crippen LogP contribution in [0, 0.1) is 13.7 Å². The second-order valence-corrected chi connectivity index (χ2v) is 14.1. The van der Waals surface area contributed by atoms with Crippen LogP contribution in [0.4, 0.5) is 17.1 Å². The Balaban J connectivity index is 1.22. The lowest BCUT2D eigenvalue weighted by atomic mass is 9.82. The van der Waals surface area contributed by atoms with E-state index in [2.05, 4.69) is 122 Å². The van der Waals surface area contributed by atoms with Crippen LogP contribution in [0.5, 0.6) is 0 Å². The second-order valence-electron chi connectivity index (χ2n) is 14.1. The summed E-state index contributed by atoms with van der Waals surface area (Å²) in [7, 11) is 0. The van der Waals surface area contributed by atoms with Gasteiger partial charge in [0.15, 0.2) is 0 Å². The highest BCUT2D eigenvalue weighted by molar-refractivity contribution is 6.07. The molecule has 0 fully saturated rings. The summed E-state index contributed by atoms with van der Waals surface area (Å²) in [6.07, 6.45) is 0. The molecule has 1 aliphatic rings. The van der Waals surface area contributed by atoms with Crippen molar-refractivity contribution in [2.24, 2.45) is 0 Å². The Kier molecular flexibility index (Phi) is 6.21. The van der Waals surface area contributed by atoms with E-state index in [9.17, 15) is 0 Å². The van der Waals surface area contributed by atoms with Gasteiger partial charge < -0.3 is 4.90 Å². The molecule has 0 saturated carbocycles. The Morgan fingerprint density at radius 3 is 1.87 bits per heavy atom. The molecule has 1 heteroatoms. The van der Waals surface area contributed by atoms with Crippen molar-refractivity contribution in [2.75, 3.05) is 4.90 Å². The smallest absolute Gasteiger partial charge is 0.0540 e. The van der Waals surface area contributed by atoms with E-state index in [1.54, 1.807) is 12.1 Å². The molecule has 0 N–H and O–H groups in total. The zero-order valence-electron chi connectivity index (χ0n) is 35.2. The van der Waals surface area contributed by atoms with Gasteiger partial charge in [0.25, 0.3) is 0 Å². The molecule has 0 bridgehead atoms. The van der Waals surface area contributed by atoms with Crippen LogP contribution < -0.4 is 4.90 Å². The van der Waals surface area contributed by atoms with Crippen molar-refractivity contribution in [3.8, 4) is 44.5 Å². The van der Waals surface area contributed by atoms with Crippen molar-refractivity contribution in [3.05, 3.63) is 198 Å². The van der Waals surface area contributed by atoms with E-state index in [-0.39, 0.29) is 0 Å². The fraction of sp³-hybridized carbons (Fsp3) is 0.0980. The van der Waals surface area contributed by atoms with Gasteiger partial charge in [-0.3, -0.25) is 0 Å². The normalized spacial score (nSPS) is 15.0. The van der Waals surface area contributed by atoms with Crippen LogP contribution in [-0.4, -0.2) is 0 Å². The number of nitrogens with zero attached hydrogens (tertiary/aromatic N) is 1. The summed E-state index contributed by atoms with van der Waals surface area (Å²) < 4.78 is 49.8. The molecule has 250 valence electrons. The Morgan fingerprint density at radius 2 is 1.12 bits per heavy atom. The highest BCUT2D eigenvalue weighted by atomic mass is 15.1. The lowest BCUT2D eigenvalue weighted by molar-refractivity contribution is 0.660. The SMILES string of the molecule is [2H]C([2H])([2H])c1cc(-c2ccccc2)c2c(-c3ccc(N(c4ccc5c(c4)C(C)(C)c4cccc(C([2H])([2H])[2H])c4-5)c4ccccc4-c4ccccc4)cc3)cccc2c1. The summed E-state index contributed by atoms with van der Waals surface area (Å²) in [4.78, 5) is 2.29. The van der Waals surface area contributed by atoms with Crippen LogP contribution in [0.1, 0.15) is 44.3 Å². The number of hydrogen-bond donors (Lipinski definition) is 0. The molecule has 1 aliphatic carbocycles. The Bertz CT molecular complexity index is 2820. The van der Waals surface area contributed by atoms with E-state index in [1.165, 1.54) is 0 Å². The first-order valence-corrected chi connectivity index (χ1v) is 17.8. The van der Waals surface area contributed by atoms with Gasteiger partial charge in [-0.15, -0.1) is 0 Å². The highest BCUT2D eigenvalue weighted by Crippen LogP contribution is 2.52. The lowest BCUT2D eigenvalue weighted by Gasteiger charge is -2.30. The monoisotopic (exact) mass is 673 g/mol. The fourth-order valence-corrected chi connectivity index (χ4v) is 8.18. The van der Waals surface area contributed by atoms with Gasteiger partial charge in [-0.05, 0) is 116 Å². The molecule has 8 aromatic rings. The fourth-order valence-electron chi connectivity index (χ4n) is 8.18. The van der Waals surface area contributed by atoms with Gasteiger partial charge in [-0.2, -0.15) is 0 Å². The third kappa shape index (κ3) is 5.24. The quantitative estimate of drug-likeness (QED) is 0.170. The molecule has 0 heterocycles. The second kappa shape index (κ2) is 12.5. The van der Waals surface area contributed by atoms with Gasteiger partial charge >= 0.3 is 0 Å². The summed E-state index contributed by atoms with van der Waals surface area (Å²) in [5.74, 6) is 0. The number of rotatable bonds is 6. The maximum Gasteiger partial charge on any atom is 0.0540 e. The first kappa shape index (κ1) is 25.7. The van der Waals surface area contributed by atoms with Crippen molar-refractivity contribution < 1.29 is 8.22 Å². The number of hydrogen-bond acceptors (Lipinski definition) is 1. The van der Waals surface area contributed by atoms with Crippen LogP contribution in [0.15, 0.2) is 176 Å². The zero-order valence-corrected chi connectivity index (χ0v) is 29.2. The maximum absolute atomic E-state index is 8.37. The van der Waals surface area contributed by atoms with Crippen molar-refractivity contribution in [2.45, 2.75) is 33.0 Å². The Morgan fingerprint density at radius 1 is 0.462 bits per heavy atom. The first-order valence-electron chi connectivity index (χ1n) is 20.8. The van der Waals surface area contributed by atoms with Gasteiger partial charge in [0.2, 0.25) is 0 Å². The van der Waals surface area contributed by atoms with Crippen molar-refractivity contribution in [3.63, 3.8) is 0 Å². The number of anilines is 3. The molecule has 8 aromatic carbocycles. The van der Waals surface area contributed by atoms with Crippen LogP contribution in [0.25, 0.3) is 55.3 Å². The molecule has 0 spiro atoms. The minimum Gasteiger partial charge on any atom is -0.310 e. The molecular weight excluding hydrogens is 627 g/mol. The van der Waals surface area contributed by atoms with Crippen LogP contribution in [-0.2, 0) is 5.41 Å². The van der Waals surface area contributed by atoms with Crippen LogP contribution >= 0.6 is 0 Å². The molecule has 0 aromatic heterocycles. The molecule has 0 amide bonds. The summed E-state index contributed by atoms with van der Waals surface area (Å²) >= 11 is 0. The minimum absolute atomic E-state index is 0.314. The number of para-hydroxylation sites is 1. The summed E-state index contributed by atoms with van der Waals surface area (Å²) in [6.45, 7) is -0.135. The predicted molar refractivity (Wildman–Crippen MR) is 222 cm³/mol. The maximum atomic E-state index is 8.37. The summed E-state index contributed by atoms with van der Waals surface area (Å²) in [6, 6.07) is 59.2. The molecular formula is C51H41N. The van der Waals surface area contributed by atoms with Crippen molar-refractivity contribution in [1.82, 2.24) is 0 Å². The number of benzene rings is 8. The number of aryl methyl sites for hydroxylation is 2. The van der Waals surface area contributed by atoms with Crippen molar-refractivity contribution >= 4 is 27.8 Å². The topological polar surface area (TPSA) is 3.24 Å². The first-order chi connectivity index (χ1) is 27.8. The molecule has 0 radical (unpaired) electrons. The van der Waals surface area contributed by atoms with Gasteiger partial charge in [0.1, 0.15) is 0 Å². The third-order valence-electron chi connectivity index (χ3n) is 10.7. The van der Waals surface area contributed by atoms with Crippen LogP contribution in [0.3, 0.4) is 0 Å². The Labute approximate surface area is 315 Å². The molecule has 0 unspecified atom stereocenters. The summed E-state index contributed by atoms with van der Waals surface area (Å²) in [5.41, 5.74) is 13.1. The van der Waals surface area contributed by atoms with E-state index in [0.29, 0.717) is 11.1 Å². The Hall–Kier alpha value is -6.18. The zero-order chi connectivity index (χ0) is 40.4. The predicted octanol–water partition coefficient (Wildman–Crippen LogP) is 14.2. The van der Waals surface area contributed by atoms with Crippen molar-refractivity contribution in [1.29, 1.82) is 0 Å². The van der Waals surface area contributed by atoms with Gasteiger partial charge in [-0.1, -0.05) is 159 Å². The van der Waals surface area contributed by atoms with E-state index >= 15 is 0 Å². The number of fused-ring (bicyclic) bond motifs is 4. The van der Waals surface area contributed by atoms with Gasteiger partial charge in [0, 0.05) is 30.6 Å². The van der Waals surface area contributed by atoms with Gasteiger partial charge in [0.05, 0.1) is 5.69 Å². The minimum atomic E-state index is -2.25. The van der Waals surface area contributed by atoms with Crippen LogP contribution in [0.2, 0.25) is 0 Å². The molecule has 52 heavy (non-hydrogen) atoms. The van der Waals surface area contributed by atoms with E-state index in [4.69, 9.17) is 8.22 Å². The molecule has 9 rings (SSSR count). The molecule has 0 atom stereocenters. The van der Waals surface area contributed by atoms with Gasteiger partial charge in [-0.25, -0.2) is 0 Å². The molecule has 0 aliphatic heterocycles. The standard InChI is InChI=1S/C51H41N/c1-34-31-39-20-14-22-43(50(39)45(32-34)37-18-9-6-10-19-37)38-25-27-40(28-26-38)52(48-24-12-11-21-42(48)36-16-7-5-8-17-36)41-29-30-44-47(33-41)51(3,4)46-23-13-15-35(2)49(44)46/h5-33H,1-4H3/i1D3,2D3. The average molecular weight is 674 g/mol. The lowest BCUT2D eigenvalue weighted by Crippen LogP contribution is -2.17. The van der Waals surface area contributed by atoms with E-state index < -0.39 is 19.1 Å². The molecule has 1 nitrogen and oxygen atoms in total. The van der Waals surface area contributed by atoms with E-state index in [1.807, 2.05) is 60.7 Å². The third-order valence-corrected chi connectivity index (χ3v) is 10.7. The highest BCUT2D eigenvalue weighted by Gasteiger charge is 2.36. The molecule has 0 saturated heterocycles. The van der Waals surface area contributed by atoms with E-state index in [0.717, 1.165) is 83.5 Å². The average Bonchev–Trinajstić information content (AvgIpc) is 3.46. The largest absolute Gasteiger partial charge is 0.310 e. The summed E-state index contributed by atoms with van der Waals surface area (Å²) in [5, 5.41) is 1.87.